The van der Waals surface area contributed by atoms with Gasteiger partial charge in [-0.2, -0.15) is 0 Å². The second-order valence-corrected chi connectivity index (χ2v) is 9.03. The standard InChI is InChI=1S/C29H25NO5/c1-33-25-13-21-20-12-18(35-16-17-6-4-3-5-7-17)8-9-19(20)28-23(22(21)14-26(25)34-2)15-30-24(29(28)32)10-11-27(30)31/h3-9,12-14,24H,10-11,15-16H2,1-2H3/t24-/m0/s1. The number of benzene rings is 4. The monoisotopic (exact) mass is 467 g/mol. The lowest BCUT2D eigenvalue weighted by Crippen LogP contribution is -2.42. The zero-order valence-corrected chi connectivity index (χ0v) is 19.7. The van der Waals surface area contributed by atoms with Gasteiger partial charge >= 0.3 is 0 Å². The van der Waals surface area contributed by atoms with Crippen molar-refractivity contribution in [2.75, 3.05) is 14.2 Å². The molecular weight excluding hydrogens is 442 g/mol. The molecule has 0 spiro atoms. The minimum Gasteiger partial charge on any atom is -0.493 e. The van der Waals surface area contributed by atoms with E-state index in [0.29, 0.717) is 43.1 Å². The Balaban J connectivity index is 1.57. The molecule has 2 heterocycles. The lowest BCUT2D eigenvalue weighted by molar-refractivity contribution is -0.129. The minimum absolute atomic E-state index is 0.0109. The number of rotatable bonds is 5. The number of carbonyl (C=O) groups is 2. The number of ether oxygens (including phenoxy) is 3. The molecule has 0 saturated carbocycles. The van der Waals surface area contributed by atoms with E-state index in [-0.39, 0.29) is 17.7 Å². The summed E-state index contributed by atoms with van der Waals surface area (Å²) in [6, 6.07) is 19.4. The molecule has 1 fully saturated rings. The SMILES string of the molecule is COc1cc2c3c(c4ccc(OCc5ccccc5)cc4c2cc1OC)C(=O)[C@@H]1CCC(=O)N1C3. The van der Waals surface area contributed by atoms with Crippen molar-refractivity contribution in [1.29, 1.82) is 0 Å². The molecule has 0 aromatic heterocycles. The van der Waals surface area contributed by atoms with Crippen molar-refractivity contribution in [1.82, 2.24) is 4.90 Å². The van der Waals surface area contributed by atoms with E-state index >= 15 is 0 Å². The molecule has 35 heavy (non-hydrogen) atoms. The van der Waals surface area contributed by atoms with Gasteiger partial charge in [-0.3, -0.25) is 9.59 Å². The van der Waals surface area contributed by atoms with Crippen molar-refractivity contribution in [3.63, 3.8) is 0 Å². The molecule has 4 aromatic rings. The number of ketones is 1. The first kappa shape index (κ1) is 21.5. The van der Waals surface area contributed by atoms with Crippen LogP contribution >= 0.6 is 0 Å². The Hall–Kier alpha value is -4.06. The van der Waals surface area contributed by atoms with Gasteiger partial charge in [-0.05, 0) is 69.4 Å². The highest BCUT2D eigenvalue weighted by Gasteiger charge is 2.42. The third-order valence-corrected chi connectivity index (χ3v) is 7.16. The van der Waals surface area contributed by atoms with Crippen LogP contribution in [0, 0.1) is 0 Å². The van der Waals surface area contributed by atoms with Crippen molar-refractivity contribution in [3.8, 4) is 17.2 Å². The van der Waals surface area contributed by atoms with Crippen molar-refractivity contribution < 1.29 is 23.8 Å². The summed E-state index contributed by atoms with van der Waals surface area (Å²) in [5, 5.41) is 3.60. The van der Waals surface area contributed by atoms with E-state index in [0.717, 1.165) is 38.4 Å². The molecule has 6 heteroatoms. The van der Waals surface area contributed by atoms with Crippen LogP contribution in [-0.2, 0) is 17.9 Å². The molecule has 4 aromatic carbocycles. The quantitative estimate of drug-likeness (QED) is 0.374. The van der Waals surface area contributed by atoms with Crippen LogP contribution in [0.5, 0.6) is 17.2 Å². The first-order chi connectivity index (χ1) is 17.1. The first-order valence-corrected chi connectivity index (χ1v) is 11.7. The maximum Gasteiger partial charge on any atom is 0.223 e. The molecule has 1 saturated heterocycles. The average Bonchev–Trinajstić information content (AvgIpc) is 3.28. The Kier molecular flexibility index (Phi) is 5.10. The topological polar surface area (TPSA) is 65.1 Å². The highest BCUT2D eigenvalue weighted by atomic mass is 16.5. The third kappa shape index (κ3) is 3.40. The molecule has 0 radical (unpaired) electrons. The van der Waals surface area contributed by atoms with Crippen LogP contribution in [0.15, 0.2) is 60.7 Å². The van der Waals surface area contributed by atoms with Crippen molar-refractivity contribution in [2.24, 2.45) is 0 Å². The first-order valence-electron chi connectivity index (χ1n) is 11.7. The molecule has 2 aliphatic rings. The number of carbonyl (C=O) groups excluding carboxylic acids is 2. The highest BCUT2D eigenvalue weighted by Crippen LogP contribution is 2.44. The Morgan fingerprint density at radius 3 is 2.31 bits per heavy atom. The lowest BCUT2D eigenvalue weighted by Gasteiger charge is -2.32. The molecule has 0 bridgehead atoms. The van der Waals surface area contributed by atoms with E-state index in [1.54, 1.807) is 19.1 Å². The fraction of sp³-hybridized carbons (Fsp3) is 0.241. The summed E-state index contributed by atoms with van der Waals surface area (Å²) in [6.07, 6.45) is 0.982. The molecule has 6 rings (SSSR count). The van der Waals surface area contributed by atoms with E-state index in [9.17, 15) is 9.59 Å². The van der Waals surface area contributed by atoms with Crippen molar-refractivity contribution >= 4 is 33.2 Å². The summed E-state index contributed by atoms with van der Waals surface area (Å²) >= 11 is 0. The van der Waals surface area contributed by atoms with E-state index in [1.807, 2.05) is 60.7 Å². The van der Waals surface area contributed by atoms with Gasteiger partial charge in [0.1, 0.15) is 12.4 Å². The number of amides is 1. The van der Waals surface area contributed by atoms with Crippen LogP contribution in [0.25, 0.3) is 21.5 Å². The predicted molar refractivity (Wildman–Crippen MR) is 133 cm³/mol. The van der Waals surface area contributed by atoms with Crippen LogP contribution < -0.4 is 14.2 Å². The maximum absolute atomic E-state index is 13.7. The highest BCUT2D eigenvalue weighted by molar-refractivity contribution is 6.22. The normalized spacial score (nSPS) is 17.0. The Morgan fingerprint density at radius 1 is 0.857 bits per heavy atom. The molecular formula is C29H25NO5. The average molecular weight is 468 g/mol. The van der Waals surface area contributed by atoms with Crippen LogP contribution in [0.1, 0.15) is 34.3 Å². The smallest absolute Gasteiger partial charge is 0.223 e. The van der Waals surface area contributed by atoms with Crippen molar-refractivity contribution in [3.05, 3.63) is 77.4 Å². The van der Waals surface area contributed by atoms with Crippen molar-refractivity contribution in [2.45, 2.75) is 32.0 Å². The number of Topliss-reactive ketones (excluding diaryl/α,β-unsaturated/α-hetero) is 1. The molecule has 176 valence electrons. The summed E-state index contributed by atoms with van der Waals surface area (Å²) < 4.78 is 17.3. The fourth-order valence-electron chi connectivity index (χ4n) is 5.43. The zero-order valence-electron chi connectivity index (χ0n) is 19.7. The minimum atomic E-state index is -0.384. The molecule has 6 nitrogen and oxygen atoms in total. The van der Waals surface area contributed by atoms with Gasteiger partial charge in [0, 0.05) is 18.5 Å². The summed E-state index contributed by atoms with van der Waals surface area (Å²) in [5.74, 6) is 1.96. The molecule has 2 aliphatic heterocycles. The second-order valence-electron chi connectivity index (χ2n) is 9.03. The van der Waals surface area contributed by atoms with Gasteiger partial charge in [-0.1, -0.05) is 30.3 Å². The number of hydrogen-bond donors (Lipinski definition) is 0. The van der Waals surface area contributed by atoms with Gasteiger partial charge in [0.15, 0.2) is 17.3 Å². The third-order valence-electron chi connectivity index (χ3n) is 7.16. The van der Waals surface area contributed by atoms with Gasteiger partial charge in [0.25, 0.3) is 0 Å². The van der Waals surface area contributed by atoms with Gasteiger partial charge in [-0.25, -0.2) is 0 Å². The number of methoxy groups -OCH3 is 2. The molecule has 0 N–H and O–H groups in total. The van der Waals surface area contributed by atoms with Crippen LogP contribution in [0.3, 0.4) is 0 Å². The second kappa shape index (κ2) is 8.31. The lowest BCUT2D eigenvalue weighted by atomic mass is 9.84. The maximum atomic E-state index is 13.7. The molecule has 1 amide bonds. The van der Waals surface area contributed by atoms with E-state index in [1.165, 1.54) is 0 Å². The van der Waals surface area contributed by atoms with Crippen LogP contribution in [-0.4, -0.2) is 36.9 Å². The zero-order chi connectivity index (χ0) is 24.1. The van der Waals surface area contributed by atoms with E-state index in [2.05, 4.69) is 0 Å². The fourth-order valence-corrected chi connectivity index (χ4v) is 5.43. The molecule has 1 atom stereocenters. The summed E-state index contributed by atoms with van der Waals surface area (Å²) in [6.45, 7) is 0.864. The van der Waals surface area contributed by atoms with Gasteiger partial charge in [0.05, 0.1) is 20.3 Å². The Morgan fingerprint density at radius 2 is 1.57 bits per heavy atom. The molecule has 0 aliphatic carbocycles. The predicted octanol–water partition coefficient (Wildman–Crippen LogP) is 5.28. The Labute approximate surface area is 203 Å². The molecule has 0 unspecified atom stereocenters. The largest absolute Gasteiger partial charge is 0.493 e. The van der Waals surface area contributed by atoms with Gasteiger partial charge in [-0.15, -0.1) is 0 Å². The number of hydrogen-bond acceptors (Lipinski definition) is 5. The van der Waals surface area contributed by atoms with Gasteiger partial charge < -0.3 is 19.1 Å². The van der Waals surface area contributed by atoms with E-state index < -0.39 is 0 Å². The summed E-state index contributed by atoms with van der Waals surface area (Å²) in [7, 11) is 3.20. The summed E-state index contributed by atoms with van der Waals surface area (Å²) in [5.41, 5.74) is 2.64. The van der Waals surface area contributed by atoms with Crippen LogP contribution in [0.4, 0.5) is 0 Å². The number of fused-ring (bicyclic) bond motifs is 7. The van der Waals surface area contributed by atoms with E-state index in [4.69, 9.17) is 14.2 Å². The van der Waals surface area contributed by atoms with Crippen LogP contribution in [0.2, 0.25) is 0 Å². The van der Waals surface area contributed by atoms with Gasteiger partial charge in [0.2, 0.25) is 5.91 Å². The Bertz CT molecular complexity index is 1490. The number of nitrogens with zero attached hydrogens (tertiary/aromatic N) is 1. The summed E-state index contributed by atoms with van der Waals surface area (Å²) in [4.78, 5) is 28.0.